The Bertz CT molecular complexity index is 306. The van der Waals surface area contributed by atoms with E-state index in [-0.39, 0.29) is 18.1 Å². The van der Waals surface area contributed by atoms with Crippen LogP contribution in [0, 0.1) is 5.41 Å². The van der Waals surface area contributed by atoms with Gasteiger partial charge < -0.3 is 24.8 Å². The number of methoxy groups -OCH3 is 2. The van der Waals surface area contributed by atoms with Crippen LogP contribution >= 0.6 is 0 Å². The highest BCUT2D eigenvalue weighted by molar-refractivity contribution is 5.83. The summed E-state index contributed by atoms with van der Waals surface area (Å²) in [7, 11) is 3.30. The molecule has 2 aliphatic heterocycles. The molecule has 1 amide bonds. The van der Waals surface area contributed by atoms with Crippen LogP contribution in [-0.4, -0.2) is 70.1 Å². The van der Waals surface area contributed by atoms with Gasteiger partial charge in [-0.1, -0.05) is 0 Å². The molecule has 19 heavy (non-hydrogen) atoms. The van der Waals surface area contributed by atoms with Gasteiger partial charge in [-0.15, -0.1) is 0 Å². The van der Waals surface area contributed by atoms with Gasteiger partial charge in [-0.25, -0.2) is 0 Å². The minimum absolute atomic E-state index is 0.0522. The minimum atomic E-state index is -0.459. The zero-order chi connectivity index (χ0) is 13.9. The molecule has 2 saturated heterocycles. The largest absolute Gasteiger partial charge is 0.381 e. The van der Waals surface area contributed by atoms with Crippen molar-refractivity contribution in [1.29, 1.82) is 0 Å². The molecule has 0 spiro atoms. The summed E-state index contributed by atoms with van der Waals surface area (Å²) in [4.78, 5) is 14.6. The van der Waals surface area contributed by atoms with Gasteiger partial charge in [0.15, 0.2) is 0 Å². The molecule has 0 aromatic carbocycles. The monoisotopic (exact) mass is 272 g/mol. The topological polar surface area (TPSA) is 74.0 Å². The van der Waals surface area contributed by atoms with E-state index < -0.39 is 5.41 Å². The number of likely N-dealkylation sites (tertiary alicyclic amines) is 1. The Morgan fingerprint density at radius 1 is 1.26 bits per heavy atom. The summed E-state index contributed by atoms with van der Waals surface area (Å²) in [5, 5.41) is 0. The van der Waals surface area contributed by atoms with E-state index in [1.807, 2.05) is 4.90 Å². The zero-order valence-electron chi connectivity index (χ0n) is 11.8. The molecule has 2 aliphatic rings. The lowest BCUT2D eigenvalue weighted by Crippen LogP contribution is -2.50. The van der Waals surface area contributed by atoms with Crippen molar-refractivity contribution in [2.45, 2.75) is 25.0 Å². The third kappa shape index (κ3) is 2.76. The van der Waals surface area contributed by atoms with Gasteiger partial charge in [0.25, 0.3) is 0 Å². The van der Waals surface area contributed by atoms with Gasteiger partial charge in [-0.2, -0.15) is 0 Å². The first-order chi connectivity index (χ1) is 9.16. The average Bonchev–Trinajstić information content (AvgIpc) is 2.90. The van der Waals surface area contributed by atoms with Crippen LogP contribution in [0.3, 0.4) is 0 Å². The van der Waals surface area contributed by atoms with Crippen molar-refractivity contribution in [2.75, 3.05) is 47.1 Å². The third-order valence-corrected chi connectivity index (χ3v) is 4.40. The van der Waals surface area contributed by atoms with E-state index >= 15 is 0 Å². The Kier molecular flexibility index (Phi) is 4.78. The summed E-state index contributed by atoms with van der Waals surface area (Å²) in [6, 6.07) is 0. The molecule has 0 aromatic heterocycles. The van der Waals surface area contributed by atoms with E-state index in [1.165, 1.54) is 0 Å². The number of carbonyl (C=O) groups is 1. The van der Waals surface area contributed by atoms with Crippen molar-refractivity contribution in [3.63, 3.8) is 0 Å². The van der Waals surface area contributed by atoms with Crippen molar-refractivity contribution in [3.05, 3.63) is 0 Å². The van der Waals surface area contributed by atoms with Gasteiger partial charge in [-0.3, -0.25) is 4.79 Å². The lowest BCUT2D eigenvalue weighted by molar-refractivity contribution is -0.146. The molecule has 2 unspecified atom stereocenters. The molecule has 0 saturated carbocycles. The molecule has 2 fully saturated rings. The molecular weight excluding hydrogens is 248 g/mol. The van der Waals surface area contributed by atoms with E-state index in [9.17, 15) is 4.79 Å². The fraction of sp³-hybridized carbons (Fsp3) is 0.923. The number of rotatable bonds is 4. The SMILES string of the molecule is COC1CN(C(=O)C2(CN)CCOCC2)CC1OC. The van der Waals surface area contributed by atoms with Crippen LogP contribution < -0.4 is 5.73 Å². The zero-order valence-corrected chi connectivity index (χ0v) is 11.8. The molecule has 2 rings (SSSR count). The predicted octanol–water partition coefficient (Wildman–Crippen LogP) is -0.386. The van der Waals surface area contributed by atoms with Crippen LogP contribution in [0.25, 0.3) is 0 Å². The summed E-state index contributed by atoms with van der Waals surface area (Å²) in [6.45, 7) is 2.75. The maximum atomic E-state index is 12.8. The first-order valence-electron chi connectivity index (χ1n) is 6.79. The summed E-state index contributed by atoms with van der Waals surface area (Å²) in [5.74, 6) is 0.125. The van der Waals surface area contributed by atoms with Crippen LogP contribution in [-0.2, 0) is 19.0 Å². The number of carbonyl (C=O) groups excluding carboxylic acids is 1. The molecular formula is C13H24N2O4. The molecule has 2 atom stereocenters. The number of nitrogens with two attached hydrogens (primary N) is 1. The highest BCUT2D eigenvalue weighted by atomic mass is 16.5. The second kappa shape index (κ2) is 6.17. The van der Waals surface area contributed by atoms with Crippen molar-refractivity contribution >= 4 is 5.91 Å². The van der Waals surface area contributed by atoms with E-state index in [0.717, 1.165) is 0 Å². The Balaban J connectivity index is 2.06. The van der Waals surface area contributed by atoms with Gasteiger partial charge in [0, 0.05) is 47.1 Å². The lowest BCUT2D eigenvalue weighted by Gasteiger charge is -2.37. The van der Waals surface area contributed by atoms with Gasteiger partial charge in [0.2, 0.25) is 5.91 Å². The molecule has 6 nitrogen and oxygen atoms in total. The highest BCUT2D eigenvalue weighted by Crippen LogP contribution is 2.33. The first kappa shape index (κ1) is 14.7. The molecule has 2 N–H and O–H groups in total. The summed E-state index contributed by atoms with van der Waals surface area (Å²) in [6.07, 6.45) is 1.30. The number of hydrogen-bond acceptors (Lipinski definition) is 5. The molecule has 2 heterocycles. The molecule has 110 valence electrons. The van der Waals surface area contributed by atoms with Crippen LogP contribution in [0.15, 0.2) is 0 Å². The maximum absolute atomic E-state index is 12.8. The second-order valence-corrected chi connectivity index (χ2v) is 5.36. The van der Waals surface area contributed by atoms with E-state index in [0.29, 0.717) is 45.7 Å². The van der Waals surface area contributed by atoms with E-state index in [4.69, 9.17) is 19.9 Å². The molecule has 0 bridgehead atoms. The summed E-state index contributed by atoms with van der Waals surface area (Å²) < 4.78 is 16.1. The fourth-order valence-electron chi connectivity index (χ4n) is 2.97. The normalized spacial score (nSPS) is 30.6. The van der Waals surface area contributed by atoms with Gasteiger partial charge >= 0.3 is 0 Å². The standard InChI is InChI=1S/C13H24N2O4/c1-17-10-7-15(8-11(10)18-2)12(16)13(9-14)3-5-19-6-4-13/h10-11H,3-9,14H2,1-2H3. The summed E-state index contributed by atoms with van der Waals surface area (Å²) in [5.41, 5.74) is 5.42. The predicted molar refractivity (Wildman–Crippen MR) is 69.7 cm³/mol. The van der Waals surface area contributed by atoms with Crippen LogP contribution in [0.5, 0.6) is 0 Å². The number of amides is 1. The second-order valence-electron chi connectivity index (χ2n) is 5.36. The Hall–Kier alpha value is -0.690. The van der Waals surface area contributed by atoms with Crippen LogP contribution in [0.1, 0.15) is 12.8 Å². The van der Waals surface area contributed by atoms with Crippen LogP contribution in [0.4, 0.5) is 0 Å². The van der Waals surface area contributed by atoms with Crippen molar-refractivity contribution in [3.8, 4) is 0 Å². The fourth-order valence-corrected chi connectivity index (χ4v) is 2.97. The van der Waals surface area contributed by atoms with Crippen molar-refractivity contribution < 1.29 is 19.0 Å². The van der Waals surface area contributed by atoms with Crippen molar-refractivity contribution in [2.24, 2.45) is 11.1 Å². The van der Waals surface area contributed by atoms with Gasteiger partial charge in [0.05, 0.1) is 5.41 Å². The summed E-state index contributed by atoms with van der Waals surface area (Å²) >= 11 is 0. The van der Waals surface area contributed by atoms with Crippen molar-refractivity contribution in [1.82, 2.24) is 4.90 Å². The highest BCUT2D eigenvalue weighted by Gasteiger charge is 2.45. The molecule has 0 aromatic rings. The minimum Gasteiger partial charge on any atom is -0.381 e. The van der Waals surface area contributed by atoms with E-state index in [1.54, 1.807) is 14.2 Å². The smallest absolute Gasteiger partial charge is 0.230 e. The lowest BCUT2D eigenvalue weighted by atomic mass is 9.79. The number of nitrogens with zero attached hydrogens (tertiary/aromatic N) is 1. The maximum Gasteiger partial charge on any atom is 0.230 e. The van der Waals surface area contributed by atoms with E-state index in [2.05, 4.69) is 0 Å². The number of ether oxygens (including phenoxy) is 3. The Morgan fingerprint density at radius 2 is 1.79 bits per heavy atom. The molecule has 0 aliphatic carbocycles. The number of hydrogen-bond donors (Lipinski definition) is 1. The first-order valence-corrected chi connectivity index (χ1v) is 6.79. The molecule has 6 heteroatoms. The Labute approximate surface area is 114 Å². The average molecular weight is 272 g/mol. The molecule has 0 radical (unpaired) electrons. The quantitative estimate of drug-likeness (QED) is 0.755. The Morgan fingerprint density at radius 3 is 2.21 bits per heavy atom. The van der Waals surface area contributed by atoms with Crippen LogP contribution in [0.2, 0.25) is 0 Å². The third-order valence-electron chi connectivity index (χ3n) is 4.40. The van der Waals surface area contributed by atoms with Gasteiger partial charge in [-0.05, 0) is 12.8 Å². The van der Waals surface area contributed by atoms with Gasteiger partial charge in [0.1, 0.15) is 12.2 Å².